The summed E-state index contributed by atoms with van der Waals surface area (Å²) in [4.78, 5) is 18.6. The van der Waals surface area contributed by atoms with E-state index in [9.17, 15) is 13.2 Å². The summed E-state index contributed by atoms with van der Waals surface area (Å²) >= 11 is 1.32. The molecule has 4 rings (SSSR count). The van der Waals surface area contributed by atoms with E-state index in [1.54, 1.807) is 4.90 Å². The topological polar surface area (TPSA) is 99.3 Å². The summed E-state index contributed by atoms with van der Waals surface area (Å²) in [5, 5.41) is 7.68. The molecule has 2 fully saturated rings. The first kappa shape index (κ1) is 19.4. The zero-order valence-electron chi connectivity index (χ0n) is 15.5. The Hall–Kier alpha value is -1.91. The van der Waals surface area contributed by atoms with E-state index in [-0.39, 0.29) is 17.4 Å². The van der Waals surface area contributed by atoms with Gasteiger partial charge in [0, 0.05) is 32.1 Å². The number of aromatic amines is 1. The van der Waals surface area contributed by atoms with E-state index >= 15 is 0 Å². The fourth-order valence-electron chi connectivity index (χ4n) is 3.17. The fourth-order valence-corrected chi connectivity index (χ4v) is 5.40. The van der Waals surface area contributed by atoms with E-state index in [0.29, 0.717) is 37.3 Å². The minimum Gasteiger partial charge on any atom is -0.339 e. The number of amides is 1. The fraction of sp³-hybridized carbons (Fsp3) is 0.500. The molecule has 28 heavy (non-hydrogen) atoms. The van der Waals surface area contributed by atoms with Crippen LogP contribution in [0.5, 0.6) is 0 Å². The van der Waals surface area contributed by atoms with Crippen molar-refractivity contribution in [2.24, 2.45) is 0 Å². The number of piperazine rings is 1. The van der Waals surface area contributed by atoms with E-state index in [2.05, 4.69) is 15.2 Å². The summed E-state index contributed by atoms with van der Waals surface area (Å²) in [7, 11) is -3.37. The summed E-state index contributed by atoms with van der Waals surface area (Å²) < 4.78 is 26.7. The highest BCUT2D eigenvalue weighted by molar-refractivity contribution is 7.99. The van der Waals surface area contributed by atoms with Gasteiger partial charge in [0.05, 0.1) is 11.5 Å². The lowest BCUT2D eigenvalue weighted by atomic mass is 10.2. The van der Waals surface area contributed by atoms with Crippen molar-refractivity contribution >= 4 is 27.7 Å². The van der Waals surface area contributed by atoms with Crippen molar-refractivity contribution in [2.45, 2.75) is 29.7 Å². The number of H-pyrrole nitrogens is 1. The number of hydrogen-bond donors (Lipinski definition) is 1. The minimum absolute atomic E-state index is 0.00814. The van der Waals surface area contributed by atoms with Gasteiger partial charge >= 0.3 is 0 Å². The van der Waals surface area contributed by atoms with Crippen LogP contribution in [-0.2, 0) is 20.6 Å². The number of aromatic nitrogens is 3. The van der Waals surface area contributed by atoms with E-state index < -0.39 is 10.0 Å². The van der Waals surface area contributed by atoms with Gasteiger partial charge in [0.1, 0.15) is 5.82 Å². The summed E-state index contributed by atoms with van der Waals surface area (Å²) in [5.41, 5.74) is 0.773. The van der Waals surface area contributed by atoms with Gasteiger partial charge < -0.3 is 4.90 Å². The van der Waals surface area contributed by atoms with Crippen LogP contribution >= 0.6 is 11.8 Å². The predicted molar refractivity (Wildman–Crippen MR) is 106 cm³/mol. The quantitative estimate of drug-likeness (QED) is 0.680. The monoisotopic (exact) mass is 421 g/mol. The average molecular weight is 422 g/mol. The Bertz CT molecular complexity index is 920. The maximum atomic E-state index is 12.6. The second kappa shape index (κ2) is 8.22. The Morgan fingerprint density at radius 3 is 2.54 bits per heavy atom. The third-order valence-corrected chi connectivity index (χ3v) is 7.63. The number of carbonyl (C=O) groups excluding carboxylic acids is 1. The number of hydrogen-bond acceptors (Lipinski definition) is 6. The lowest BCUT2D eigenvalue weighted by Gasteiger charge is -2.34. The molecule has 2 aromatic rings. The van der Waals surface area contributed by atoms with Crippen LogP contribution in [0.15, 0.2) is 35.5 Å². The second-order valence-electron chi connectivity index (χ2n) is 7.09. The van der Waals surface area contributed by atoms with E-state index in [0.717, 1.165) is 24.2 Å². The van der Waals surface area contributed by atoms with Crippen molar-refractivity contribution < 1.29 is 13.2 Å². The Morgan fingerprint density at radius 1 is 1.14 bits per heavy atom. The first-order chi connectivity index (χ1) is 13.5. The van der Waals surface area contributed by atoms with E-state index in [1.165, 1.54) is 16.1 Å². The molecule has 1 aliphatic heterocycles. The van der Waals surface area contributed by atoms with Crippen LogP contribution < -0.4 is 0 Å². The molecule has 150 valence electrons. The summed E-state index contributed by atoms with van der Waals surface area (Å²) in [5.74, 6) is 1.66. The first-order valence-corrected chi connectivity index (χ1v) is 12.0. The molecule has 0 bridgehead atoms. The lowest BCUT2D eigenvalue weighted by molar-refractivity contribution is -0.129. The lowest BCUT2D eigenvalue weighted by Crippen LogP contribution is -2.51. The highest BCUT2D eigenvalue weighted by Gasteiger charge is 2.30. The van der Waals surface area contributed by atoms with Crippen LogP contribution in [-0.4, -0.2) is 70.6 Å². The highest BCUT2D eigenvalue weighted by atomic mass is 32.2. The van der Waals surface area contributed by atoms with Crippen LogP contribution in [0.4, 0.5) is 0 Å². The summed E-state index contributed by atoms with van der Waals surface area (Å²) in [6, 6.07) is 9.16. The molecule has 1 aromatic heterocycles. The Kier molecular flexibility index (Phi) is 5.70. The highest BCUT2D eigenvalue weighted by Crippen LogP contribution is 2.38. The van der Waals surface area contributed by atoms with E-state index in [4.69, 9.17) is 0 Å². The summed E-state index contributed by atoms with van der Waals surface area (Å²) in [6.45, 7) is 1.49. The zero-order chi connectivity index (χ0) is 19.6. The molecule has 8 nitrogen and oxygen atoms in total. The second-order valence-corrected chi connectivity index (χ2v) is 10.00. The molecule has 1 saturated carbocycles. The van der Waals surface area contributed by atoms with Gasteiger partial charge in [-0.3, -0.25) is 9.89 Å². The molecule has 0 unspecified atom stereocenters. The largest absolute Gasteiger partial charge is 0.339 e. The van der Waals surface area contributed by atoms with Crippen molar-refractivity contribution in [3.8, 4) is 0 Å². The number of nitrogens with one attached hydrogen (secondary N) is 1. The number of sulfonamides is 1. The number of nitrogens with zero attached hydrogens (tertiary/aromatic N) is 4. The number of benzene rings is 1. The maximum absolute atomic E-state index is 12.6. The number of thioether (sulfide) groups is 1. The molecule has 10 heteroatoms. The standard InChI is InChI=1S/C18H23N5O3S2/c24-16(12-27-18-19-17(20-21-18)15-6-7-15)22-8-10-23(11-9-22)28(25,26)13-14-4-2-1-3-5-14/h1-5,15H,6-13H2,(H,19,20,21). The molecule has 0 spiro atoms. The van der Waals surface area contributed by atoms with Gasteiger partial charge in [-0.05, 0) is 18.4 Å². The van der Waals surface area contributed by atoms with Crippen LogP contribution in [0.25, 0.3) is 0 Å². The number of rotatable bonds is 7. The third-order valence-electron chi connectivity index (χ3n) is 4.95. The Labute approximate surface area is 168 Å². The molecular formula is C18H23N5O3S2. The maximum Gasteiger partial charge on any atom is 0.233 e. The Balaban J connectivity index is 1.25. The van der Waals surface area contributed by atoms with Crippen molar-refractivity contribution in [1.29, 1.82) is 0 Å². The normalized spacial score (nSPS) is 18.4. The minimum atomic E-state index is -3.37. The molecule has 2 heterocycles. The van der Waals surface area contributed by atoms with Gasteiger partial charge in [-0.25, -0.2) is 13.4 Å². The van der Waals surface area contributed by atoms with Gasteiger partial charge in [0.25, 0.3) is 0 Å². The van der Waals surface area contributed by atoms with Crippen molar-refractivity contribution in [1.82, 2.24) is 24.4 Å². The molecule has 1 aromatic carbocycles. The molecule has 2 aliphatic rings. The van der Waals surface area contributed by atoms with Crippen LogP contribution in [0.2, 0.25) is 0 Å². The van der Waals surface area contributed by atoms with Gasteiger partial charge in [-0.1, -0.05) is 42.1 Å². The van der Waals surface area contributed by atoms with Gasteiger partial charge in [0.2, 0.25) is 21.1 Å². The third kappa shape index (κ3) is 4.73. The molecule has 1 saturated heterocycles. The van der Waals surface area contributed by atoms with Gasteiger partial charge in [-0.15, -0.1) is 5.10 Å². The molecule has 1 aliphatic carbocycles. The predicted octanol–water partition coefficient (Wildman–Crippen LogP) is 1.45. The van der Waals surface area contributed by atoms with Crippen LogP contribution in [0.3, 0.4) is 0 Å². The molecule has 1 N–H and O–H groups in total. The molecule has 1 amide bonds. The van der Waals surface area contributed by atoms with Crippen molar-refractivity contribution in [3.05, 3.63) is 41.7 Å². The van der Waals surface area contributed by atoms with Crippen molar-refractivity contribution in [2.75, 3.05) is 31.9 Å². The zero-order valence-corrected chi connectivity index (χ0v) is 17.1. The first-order valence-electron chi connectivity index (χ1n) is 9.36. The SMILES string of the molecule is O=C(CSc1n[nH]c(C2CC2)n1)N1CCN(S(=O)(=O)Cc2ccccc2)CC1. The van der Waals surface area contributed by atoms with Gasteiger partial charge in [0.15, 0.2) is 0 Å². The van der Waals surface area contributed by atoms with Crippen molar-refractivity contribution in [3.63, 3.8) is 0 Å². The van der Waals surface area contributed by atoms with Crippen LogP contribution in [0, 0.1) is 0 Å². The van der Waals surface area contributed by atoms with Crippen LogP contribution in [0.1, 0.15) is 30.1 Å². The molecular weight excluding hydrogens is 398 g/mol. The smallest absolute Gasteiger partial charge is 0.233 e. The molecule has 0 radical (unpaired) electrons. The summed E-state index contributed by atoms with van der Waals surface area (Å²) in [6.07, 6.45) is 2.30. The average Bonchev–Trinajstić information content (AvgIpc) is 3.45. The number of carbonyl (C=O) groups is 1. The molecule has 0 atom stereocenters. The van der Waals surface area contributed by atoms with E-state index in [1.807, 2.05) is 30.3 Å². The Morgan fingerprint density at radius 2 is 1.86 bits per heavy atom. The van der Waals surface area contributed by atoms with Gasteiger partial charge in [-0.2, -0.15) is 4.31 Å².